The van der Waals surface area contributed by atoms with E-state index in [4.69, 9.17) is 24.8 Å². The number of hydrogen-bond donors (Lipinski definition) is 3. The quantitative estimate of drug-likeness (QED) is 0.0302. The number of unbranched alkanes of at least 4 members (excludes halogenated alkanes) is 32. The number of ether oxygens (including phenoxy) is 2. The zero-order chi connectivity index (χ0) is 42.8. The third-order valence-corrected chi connectivity index (χ3v) is 11.8. The predicted octanol–water partition coefficient (Wildman–Crippen LogP) is 13.1. The zero-order valence-electron chi connectivity index (χ0n) is 37.4. The van der Waals surface area contributed by atoms with E-state index >= 15 is 0 Å². The maximum atomic E-state index is 12.7. The van der Waals surface area contributed by atoms with Crippen LogP contribution in [0.15, 0.2) is 0 Å². The van der Waals surface area contributed by atoms with Gasteiger partial charge >= 0.3 is 25.7 Å². The number of carbonyl (C=O) groups is 3. The first-order valence-electron chi connectivity index (χ1n) is 24.1. The van der Waals surface area contributed by atoms with Gasteiger partial charge in [-0.25, -0.2) is 4.57 Å². The number of rotatable bonds is 46. The molecule has 0 saturated carbocycles. The van der Waals surface area contributed by atoms with E-state index in [1.807, 2.05) is 0 Å². The van der Waals surface area contributed by atoms with Crippen LogP contribution in [0.1, 0.15) is 245 Å². The lowest BCUT2D eigenvalue weighted by molar-refractivity contribution is -0.161. The highest BCUT2D eigenvalue weighted by molar-refractivity contribution is 7.47. The molecule has 0 aliphatic rings. The summed E-state index contributed by atoms with van der Waals surface area (Å²) in [5.41, 5.74) is 5.34. The molecule has 0 saturated heterocycles. The van der Waals surface area contributed by atoms with Crippen molar-refractivity contribution in [3.8, 4) is 0 Å². The first kappa shape index (κ1) is 56.5. The normalized spacial score (nSPS) is 13.6. The summed E-state index contributed by atoms with van der Waals surface area (Å²) in [6, 6.07) is -1.52. The van der Waals surface area contributed by atoms with Crippen molar-refractivity contribution in [3.05, 3.63) is 0 Å². The highest BCUT2D eigenvalue weighted by Crippen LogP contribution is 2.43. The Balaban J connectivity index is 4.22. The molecule has 0 spiro atoms. The molecule has 11 nitrogen and oxygen atoms in total. The molecule has 12 heteroatoms. The second-order valence-electron chi connectivity index (χ2n) is 16.6. The van der Waals surface area contributed by atoms with Crippen LogP contribution >= 0.6 is 7.82 Å². The van der Waals surface area contributed by atoms with E-state index < -0.39 is 51.1 Å². The molecule has 0 aliphatic heterocycles. The third kappa shape index (κ3) is 41.2. The molecule has 0 aliphatic carbocycles. The number of nitrogens with two attached hydrogens (primary N) is 1. The minimum atomic E-state index is -4.71. The number of carbonyl (C=O) groups excluding carboxylic acids is 2. The van der Waals surface area contributed by atoms with Gasteiger partial charge in [0.1, 0.15) is 12.6 Å². The molecular weight excluding hydrogens is 757 g/mol. The van der Waals surface area contributed by atoms with Crippen molar-refractivity contribution in [2.45, 2.75) is 257 Å². The van der Waals surface area contributed by atoms with E-state index in [-0.39, 0.29) is 19.4 Å². The van der Waals surface area contributed by atoms with Crippen LogP contribution in [0.4, 0.5) is 0 Å². The lowest BCUT2D eigenvalue weighted by atomic mass is 10.0. The number of esters is 2. The van der Waals surface area contributed by atoms with Crippen molar-refractivity contribution in [1.29, 1.82) is 0 Å². The molecule has 0 amide bonds. The number of carboxylic acid groups (broad SMARTS) is 1. The molecule has 3 unspecified atom stereocenters. The van der Waals surface area contributed by atoms with Gasteiger partial charge in [0, 0.05) is 12.8 Å². The largest absolute Gasteiger partial charge is 0.480 e. The van der Waals surface area contributed by atoms with Crippen LogP contribution in [0, 0.1) is 0 Å². The van der Waals surface area contributed by atoms with Gasteiger partial charge in [0.15, 0.2) is 6.10 Å². The molecule has 4 N–H and O–H groups in total. The van der Waals surface area contributed by atoms with Gasteiger partial charge in [0.25, 0.3) is 0 Å². The van der Waals surface area contributed by atoms with Crippen molar-refractivity contribution < 1.29 is 47.5 Å². The summed E-state index contributed by atoms with van der Waals surface area (Å²) in [4.78, 5) is 46.0. The second kappa shape index (κ2) is 42.2. The molecule has 0 aromatic carbocycles. The smallest absolute Gasteiger partial charge is 0.472 e. The van der Waals surface area contributed by atoms with Crippen molar-refractivity contribution >= 4 is 25.7 Å². The Labute approximate surface area is 355 Å². The summed E-state index contributed by atoms with van der Waals surface area (Å²) in [6.45, 7) is 2.85. The Morgan fingerprint density at radius 1 is 0.466 bits per heavy atom. The first-order chi connectivity index (χ1) is 28.1. The number of phosphoric ester groups is 1. The second-order valence-corrected chi connectivity index (χ2v) is 18.1. The topological polar surface area (TPSA) is 172 Å². The van der Waals surface area contributed by atoms with Gasteiger partial charge in [-0.1, -0.05) is 219 Å². The van der Waals surface area contributed by atoms with Gasteiger partial charge in [-0.3, -0.25) is 23.4 Å². The van der Waals surface area contributed by atoms with E-state index in [1.165, 1.54) is 167 Å². The van der Waals surface area contributed by atoms with E-state index in [0.29, 0.717) is 12.8 Å². The van der Waals surface area contributed by atoms with Gasteiger partial charge in [-0.2, -0.15) is 0 Å². The lowest BCUT2D eigenvalue weighted by Gasteiger charge is -2.20. The Kier molecular flexibility index (Phi) is 41.1. The molecule has 58 heavy (non-hydrogen) atoms. The van der Waals surface area contributed by atoms with Crippen LogP contribution in [0.25, 0.3) is 0 Å². The molecular formula is C46H90NO10P. The monoisotopic (exact) mass is 848 g/mol. The summed E-state index contributed by atoms with van der Waals surface area (Å²) in [6.07, 6.45) is 41.6. The third-order valence-electron chi connectivity index (χ3n) is 10.9. The molecule has 0 radical (unpaired) electrons. The summed E-state index contributed by atoms with van der Waals surface area (Å²) in [5.74, 6) is -2.35. The average molecular weight is 848 g/mol. The van der Waals surface area contributed by atoms with Crippen molar-refractivity contribution in [1.82, 2.24) is 0 Å². The Hall–Kier alpha value is -1.52. The standard InChI is InChI=1S/C46H90NO10P/c1-3-5-7-9-11-13-15-17-19-20-21-22-23-24-26-28-30-32-34-36-38-45(49)57-42(40-55-58(52,53)56-41-43(47)46(50)51)39-54-44(48)37-35-33-31-29-27-25-18-16-14-12-10-8-6-4-2/h42-43H,3-41,47H2,1-2H3,(H,50,51)(H,52,53). The summed E-state index contributed by atoms with van der Waals surface area (Å²) in [5, 5.41) is 8.90. The van der Waals surface area contributed by atoms with E-state index in [1.54, 1.807) is 0 Å². The molecule has 344 valence electrons. The average Bonchev–Trinajstić information content (AvgIpc) is 3.20. The maximum absolute atomic E-state index is 12.7. The molecule has 0 aromatic heterocycles. The Morgan fingerprint density at radius 3 is 1.09 bits per heavy atom. The fourth-order valence-corrected chi connectivity index (χ4v) is 7.85. The van der Waals surface area contributed by atoms with Crippen molar-refractivity contribution in [2.75, 3.05) is 19.8 Å². The van der Waals surface area contributed by atoms with E-state index in [2.05, 4.69) is 18.4 Å². The fourth-order valence-electron chi connectivity index (χ4n) is 7.07. The van der Waals surface area contributed by atoms with Gasteiger partial charge < -0.3 is 25.2 Å². The van der Waals surface area contributed by atoms with Gasteiger partial charge in [-0.15, -0.1) is 0 Å². The molecule has 3 atom stereocenters. The molecule has 0 fully saturated rings. The van der Waals surface area contributed by atoms with Crippen LogP contribution < -0.4 is 5.73 Å². The fraction of sp³-hybridized carbons (Fsp3) is 0.935. The predicted molar refractivity (Wildman–Crippen MR) is 236 cm³/mol. The summed E-state index contributed by atoms with van der Waals surface area (Å²) < 4.78 is 32.8. The van der Waals surface area contributed by atoms with Crippen molar-refractivity contribution in [2.24, 2.45) is 5.73 Å². The van der Waals surface area contributed by atoms with Gasteiger partial charge in [0.05, 0.1) is 13.2 Å². The van der Waals surface area contributed by atoms with Crippen LogP contribution in [-0.2, 0) is 37.5 Å². The van der Waals surface area contributed by atoms with Crippen LogP contribution in [0.5, 0.6) is 0 Å². The summed E-state index contributed by atoms with van der Waals surface area (Å²) >= 11 is 0. The zero-order valence-corrected chi connectivity index (χ0v) is 38.3. The number of aliphatic carboxylic acids is 1. The molecule has 0 bridgehead atoms. The van der Waals surface area contributed by atoms with Gasteiger partial charge in [0.2, 0.25) is 0 Å². The number of hydrogen-bond acceptors (Lipinski definition) is 9. The first-order valence-corrected chi connectivity index (χ1v) is 25.6. The van der Waals surface area contributed by atoms with Crippen LogP contribution in [0.2, 0.25) is 0 Å². The minimum absolute atomic E-state index is 0.170. The van der Waals surface area contributed by atoms with Gasteiger partial charge in [-0.05, 0) is 12.8 Å². The Morgan fingerprint density at radius 2 is 0.759 bits per heavy atom. The minimum Gasteiger partial charge on any atom is -0.480 e. The van der Waals surface area contributed by atoms with Crippen molar-refractivity contribution in [3.63, 3.8) is 0 Å². The lowest BCUT2D eigenvalue weighted by Crippen LogP contribution is -2.34. The van der Waals surface area contributed by atoms with Crippen LogP contribution in [-0.4, -0.2) is 59.9 Å². The summed E-state index contributed by atoms with van der Waals surface area (Å²) in [7, 11) is -4.71. The highest BCUT2D eigenvalue weighted by Gasteiger charge is 2.28. The van der Waals surface area contributed by atoms with E-state index in [9.17, 15) is 23.8 Å². The highest BCUT2D eigenvalue weighted by atomic mass is 31.2. The maximum Gasteiger partial charge on any atom is 0.472 e. The number of carboxylic acids is 1. The van der Waals surface area contributed by atoms with E-state index in [0.717, 1.165) is 38.5 Å². The van der Waals surface area contributed by atoms with Crippen LogP contribution in [0.3, 0.4) is 0 Å². The molecule has 0 rings (SSSR count). The number of phosphoric acid groups is 1. The Bertz CT molecular complexity index is 1000. The SMILES string of the molecule is CCCCCCCCCCCCCCCCCCCCCCC(=O)OC(COC(=O)CCCCCCCCCCCCCCCC)COP(=O)(O)OCC(N)C(=O)O. The molecule has 0 heterocycles. The molecule has 0 aromatic rings.